The number of rotatable bonds is 6. The molecule has 0 aromatic heterocycles. The number of carbonyl (C=O) groups is 2. The van der Waals surface area contributed by atoms with Crippen LogP contribution in [0.4, 0.5) is 0 Å². The Balaban J connectivity index is 2.36. The molecule has 0 aromatic carbocycles. The maximum Gasteiger partial charge on any atom is 0.310 e. The molecule has 1 aliphatic rings. The van der Waals surface area contributed by atoms with Crippen LogP contribution in [0.1, 0.15) is 26.2 Å². The Morgan fingerprint density at radius 1 is 1.50 bits per heavy atom. The van der Waals surface area contributed by atoms with Crippen LogP contribution in [0.2, 0.25) is 0 Å². The molecule has 0 spiro atoms. The topological polar surface area (TPSA) is 43.4 Å². The first-order chi connectivity index (χ1) is 6.69. The predicted octanol–water partition coefficient (Wildman–Crippen LogP) is 1.46. The summed E-state index contributed by atoms with van der Waals surface area (Å²) in [4.78, 5) is 22.8. The first-order valence-corrected chi connectivity index (χ1v) is 5.62. The van der Waals surface area contributed by atoms with Crippen LogP contribution >= 0.6 is 12.6 Å². The van der Waals surface area contributed by atoms with Crippen molar-refractivity contribution >= 4 is 24.4 Å². The maximum atomic E-state index is 11.4. The lowest BCUT2D eigenvalue weighted by molar-refractivity contribution is -0.148. The largest absolute Gasteiger partial charge is 0.466 e. The number of thiol groups is 1. The van der Waals surface area contributed by atoms with Gasteiger partial charge in [-0.25, -0.2) is 0 Å². The molecule has 1 atom stereocenters. The second kappa shape index (κ2) is 5.39. The summed E-state index contributed by atoms with van der Waals surface area (Å²) in [5.74, 6) is 0.142. The van der Waals surface area contributed by atoms with E-state index in [4.69, 9.17) is 4.74 Å². The average Bonchev–Trinajstić information content (AvgIpc) is 2.97. The Labute approximate surface area is 89.6 Å². The van der Waals surface area contributed by atoms with Gasteiger partial charge in [-0.05, 0) is 19.8 Å². The van der Waals surface area contributed by atoms with Crippen molar-refractivity contribution in [1.82, 2.24) is 0 Å². The number of ketones is 1. The van der Waals surface area contributed by atoms with Gasteiger partial charge in [-0.2, -0.15) is 12.6 Å². The van der Waals surface area contributed by atoms with Crippen LogP contribution in [0.3, 0.4) is 0 Å². The van der Waals surface area contributed by atoms with Gasteiger partial charge in [0.05, 0.1) is 12.5 Å². The number of Topliss-reactive ketones (excluding diaryl/α,β-unsaturated/α-hetero) is 1. The molecule has 0 aromatic rings. The van der Waals surface area contributed by atoms with Gasteiger partial charge in [-0.15, -0.1) is 0 Å². The molecule has 0 bridgehead atoms. The quantitative estimate of drug-likeness (QED) is 0.540. The van der Waals surface area contributed by atoms with E-state index in [1.807, 2.05) is 0 Å². The first-order valence-electron chi connectivity index (χ1n) is 4.99. The highest BCUT2D eigenvalue weighted by Gasteiger charge is 2.32. The molecular weight excluding hydrogens is 200 g/mol. The van der Waals surface area contributed by atoms with E-state index in [9.17, 15) is 9.59 Å². The summed E-state index contributed by atoms with van der Waals surface area (Å²) >= 11 is 4.06. The van der Waals surface area contributed by atoms with Gasteiger partial charge in [0.2, 0.25) is 0 Å². The second-order valence-corrected chi connectivity index (χ2v) is 3.94. The summed E-state index contributed by atoms with van der Waals surface area (Å²) < 4.78 is 4.86. The molecule has 3 nitrogen and oxygen atoms in total. The standard InChI is InChI=1S/C10H16O3S/c1-2-13-10(12)8(6-14)5-9(11)7-3-4-7/h7-8,14H,2-6H2,1H3. The lowest BCUT2D eigenvalue weighted by Crippen LogP contribution is -2.23. The van der Waals surface area contributed by atoms with Crippen molar-refractivity contribution in [1.29, 1.82) is 0 Å². The van der Waals surface area contributed by atoms with Crippen LogP contribution in [-0.2, 0) is 14.3 Å². The molecule has 1 unspecified atom stereocenters. The van der Waals surface area contributed by atoms with Gasteiger partial charge in [-0.1, -0.05) is 0 Å². The van der Waals surface area contributed by atoms with Gasteiger partial charge in [-0.3, -0.25) is 9.59 Å². The van der Waals surface area contributed by atoms with E-state index in [0.29, 0.717) is 18.8 Å². The van der Waals surface area contributed by atoms with E-state index < -0.39 is 0 Å². The summed E-state index contributed by atoms with van der Waals surface area (Å²) in [5, 5.41) is 0. The molecule has 1 aliphatic carbocycles. The Hall–Kier alpha value is -0.510. The predicted molar refractivity (Wildman–Crippen MR) is 56.3 cm³/mol. The van der Waals surface area contributed by atoms with E-state index in [2.05, 4.69) is 12.6 Å². The lowest BCUT2D eigenvalue weighted by Gasteiger charge is -2.11. The Kier molecular flexibility index (Phi) is 4.45. The average molecular weight is 216 g/mol. The van der Waals surface area contributed by atoms with Crippen LogP contribution in [-0.4, -0.2) is 24.1 Å². The van der Waals surface area contributed by atoms with Gasteiger partial charge in [0.15, 0.2) is 0 Å². The van der Waals surface area contributed by atoms with E-state index in [-0.39, 0.29) is 23.6 Å². The van der Waals surface area contributed by atoms with Crippen molar-refractivity contribution in [2.75, 3.05) is 12.4 Å². The van der Waals surface area contributed by atoms with Crippen LogP contribution in [0.25, 0.3) is 0 Å². The van der Waals surface area contributed by atoms with Crippen molar-refractivity contribution in [2.24, 2.45) is 11.8 Å². The molecule has 0 radical (unpaired) electrons. The van der Waals surface area contributed by atoms with E-state index in [1.165, 1.54) is 0 Å². The van der Waals surface area contributed by atoms with Gasteiger partial charge in [0, 0.05) is 18.1 Å². The number of hydrogen-bond donors (Lipinski definition) is 1. The van der Waals surface area contributed by atoms with Crippen LogP contribution in [0.5, 0.6) is 0 Å². The summed E-state index contributed by atoms with van der Waals surface area (Å²) in [5.41, 5.74) is 0. The zero-order valence-corrected chi connectivity index (χ0v) is 9.26. The molecule has 0 saturated heterocycles. The third kappa shape index (κ3) is 3.33. The molecule has 0 heterocycles. The van der Waals surface area contributed by atoms with Crippen LogP contribution in [0.15, 0.2) is 0 Å². The van der Waals surface area contributed by atoms with Crippen molar-refractivity contribution < 1.29 is 14.3 Å². The molecule has 1 rings (SSSR count). The fraction of sp³-hybridized carbons (Fsp3) is 0.800. The molecule has 80 valence electrons. The molecule has 0 amide bonds. The van der Waals surface area contributed by atoms with Crippen LogP contribution < -0.4 is 0 Å². The molecule has 14 heavy (non-hydrogen) atoms. The normalized spacial score (nSPS) is 17.6. The summed E-state index contributed by atoms with van der Waals surface area (Å²) in [7, 11) is 0. The molecule has 1 fully saturated rings. The maximum absolute atomic E-state index is 11.4. The minimum absolute atomic E-state index is 0.192. The minimum Gasteiger partial charge on any atom is -0.466 e. The number of carbonyl (C=O) groups excluding carboxylic acids is 2. The highest BCUT2D eigenvalue weighted by molar-refractivity contribution is 7.80. The fourth-order valence-corrected chi connectivity index (χ4v) is 1.58. The van der Waals surface area contributed by atoms with Gasteiger partial charge < -0.3 is 4.74 Å². The first kappa shape index (κ1) is 11.6. The van der Waals surface area contributed by atoms with E-state index in [1.54, 1.807) is 6.92 Å². The molecule has 4 heteroatoms. The minimum atomic E-state index is -0.355. The van der Waals surface area contributed by atoms with Crippen LogP contribution in [0, 0.1) is 11.8 Å². The van der Waals surface area contributed by atoms with Gasteiger partial charge in [0.1, 0.15) is 5.78 Å². The van der Waals surface area contributed by atoms with Gasteiger partial charge >= 0.3 is 5.97 Å². The Morgan fingerprint density at radius 3 is 2.57 bits per heavy atom. The molecule has 0 N–H and O–H groups in total. The number of esters is 1. The zero-order chi connectivity index (χ0) is 10.6. The Morgan fingerprint density at radius 2 is 2.14 bits per heavy atom. The van der Waals surface area contributed by atoms with Crippen molar-refractivity contribution in [3.63, 3.8) is 0 Å². The smallest absolute Gasteiger partial charge is 0.310 e. The summed E-state index contributed by atoms with van der Waals surface area (Å²) in [6.07, 6.45) is 2.27. The van der Waals surface area contributed by atoms with E-state index in [0.717, 1.165) is 12.8 Å². The van der Waals surface area contributed by atoms with E-state index >= 15 is 0 Å². The van der Waals surface area contributed by atoms with Crippen molar-refractivity contribution in [3.8, 4) is 0 Å². The molecule has 0 aliphatic heterocycles. The van der Waals surface area contributed by atoms with Crippen molar-refractivity contribution in [2.45, 2.75) is 26.2 Å². The number of ether oxygens (including phenoxy) is 1. The fourth-order valence-electron chi connectivity index (χ4n) is 1.30. The highest BCUT2D eigenvalue weighted by Crippen LogP contribution is 2.32. The second-order valence-electron chi connectivity index (χ2n) is 3.58. The third-order valence-electron chi connectivity index (χ3n) is 2.32. The summed E-state index contributed by atoms with van der Waals surface area (Å²) in [6.45, 7) is 2.12. The SMILES string of the molecule is CCOC(=O)C(CS)CC(=O)C1CC1. The lowest BCUT2D eigenvalue weighted by atomic mass is 10.0. The highest BCUT2D eigenvalue weighted by atomic mass is 32.1. The Bertz CT molecular complexity index is 223. The number of hydrogen-bond acceptors (Lipinski definition) is 4. The molecule has 1 saturated carbocycles. The zero-order valence-electron chi connectivity index (χ0n) is 8.36. The van der Waals surface area contributed by atoms with Gasteiger partial charge in [0.25, 0.3) is 0 Å². The third-order valence-corrected chi connectivity index (χ3v) is 2.76. The summed E-state index contributed by atoms with van der Waals surface area (Å²) in [6, 6.07) is 0. The monoisotopic (exact) mass is 216 g/mol. The van der Waals surface area contributed by atoms with Crippen molar-refractivity contribution in [3.05, 3.63) is 0 Å². The molecular formula is C10H16O3S.